The number of ether oxygens (including phenoxy) is 2. The van der Waals surface area contributed by atoms with E-state index in [0.717, 1.165) is 11.6 Å². The molecule has 0 aliphatic rings. The number of rotatable bonds is 7. The van der Waals surface area contributed by atoms with Crippen molar-refractivity contribution < 1.29 is 27.8 Å². The lowest BCUT2D eigenvalue weighted by atomic mass is 10.1. The number of carbonyl (C=O) groups excluding carboxylic acids is 2. The van der Waals surface area contributed by atoms with Crippen molar-refractivity contribution in [3.8, 4) is 5.75 Å². The fourth-order valence-electron chi connectivity index (χ4n) is 2.16. The molecule has 1 atom stereocenters. The van der Waals surface area contributed by atoms with Gasteiger partial charge in [-0.15, -0.1) is 0 Å². The van der Waals surface area contributed by atoms with Gasteiger partial charge in [-0.1, -0.05) is 29.8 Å². The molecule has 0 aromatic heterocycles. The zero-order valence-corrected chi connectivity index (χ0v) is 14.5. The van der Waals surface area contributed by atoms with Crippen LogP contribution in [0.4, 0.5) is 8.78 Å². The van der Waals surface area contributed by atoms with E-state index in [0.29, 0.717) is 5.02 Å². The third kappa shape index (κ3) is 6.00. The highest BCUT2D eigenvalue weighted by Gasteiger charge is 2.14. The lowest BCUT2D eigenvalue weighted by molar-refractivity contribution is -0.124. The molecule has 2 aromatic carbocycles. The monoisotopic (exact) mass is 383 g/mol. The second kappa shape index (κ2) is 9.15. The van der Waals surface area contributed by atoms with Crippen molar-refractivity contribution in [3.05, 3.63) is 64.7 Å². The molecule has 0 bridgehead atoms. The summed E-state index contributed by atoms with van der Waals surface area (Å²) in [7, 11) is 0. The summed E-state index contributed by atoms with van der Waals surface area (Å²) >= 11 is 5.90. The summed E-state index contributed by atoms with van der Waals surface area (Å²) in [5.41, 5.74) is 0.799. The molecule has 26 heavy (non-hydrogen) atoms. The normalized spacial score (nSPS) is 11.7. The van der Waals surface area contributed by atoms with E-state index in [9.17, 15) is 18.4 Å². The minimum atomic E-state index is -3.00. The van der Waals surface area contributed by atoms with Gasteiger partial charge in [0.15, 0.2) is 6.61 Å². The molecule has 138 valence electrons. The van der Waals surface area contributed by atoms with Crippen molar-refractivity contribution in [2.75, 3.05) is 6.61 Å². The quantitative estimate of drug-likeness (QED) is 0.735. The summed E-state index contributed by atoms with van der Waals surface area (Å²) in [5.74, 6) is -1.51. The highest BCUT2D eigenvalue weighted by atomic mass is 35.5. The van der Waals surface area contributed by atoms with Crippen LogP contribution in [0, 0.1) is 0 Å². The van der Waals surface area contributed by atoms with E-state index >= 15 is 0 Å². The Labute approximate surface area is 153 Å². The number of halogens is 3. The first-order chi connectivity index (χ1) is 12.3. The Morgan fingerprint density at radius 3 is 2.58 bits per heavy atom. The Hall–Kier alpha value is -2.67. The molecule has 5 nitrogen and oxygen atoms in total. The van der Waals surface area contributed by atoms with Gasteiger partial charge in [0.1, 0.15) is 5.75 Å². The van der Waals surface area contributed by atoms with Gasteiger partial charge in [0.2, 0.25) is 0 Å². The average Bonchev–Trinajstić information content (AvgIpc) is 2.59. The lowest BCUT2D eigenvalue weighted by Gasteiger charge is -2.14. The van der Waals surface area contributed by atoms with Crippen molar-refractivity contribution in [2.24, 2.45) is 0 Å². The third-order valence-corrected chi connectivity index (χ3v) is 3.59. The molecular weight excluding hydrogens is 368 g/mol. The number of carbonyl (C=O) groups is 2. The number of amides is 1. The van der Waals surface area contributed by atoms with Gasteiger partial charge in [-0.05, 0) is 42.8 Å². The van der Waals surface area contributed by atoms with E-state index in [1.807, 2.05) is 0 Å². The van der Waals surface area contributed by atoms with Gasteiger partial charge in [-0.2, -0.15) is 8.78 Å². The van der Waals surface area contributed by atoms with E-state index in [2.05, 4.69) is 10.1 Å². The topological polar surface area (TPSA) is 64.6 Å². The number of nitrogens with one attached hydrogen (secondary N) is 1. The van der Waals surface area contributed by atoms with Crippen LogP contribution in [-0.4, -0.2) is 25.1 Å². The minimum absolute atomic E-state index is 0.00107. The molecular formula is C18H16ClF2NO4. The Balaban J connectivity index is 1.87. The van der Waals surface area contributed by atoms with E-state index in [1.54, 1.807) is 31.2 Å². The van der Waals surface area contributed by atoms with Gasteiger partial charge in [-0.3, -0.25) is 4.79 Å². The molecule has 1 N–H and O–H groups in total. The van der Waals surface area contributed by atoms with Crippen molar-refractivity contribution >= 4 is 23.5 Å². The Bertz CT molecular complexity index is 785. The first-order valence-electron chi connectivity index (χ1n) is 7.62. The molecule has 0 unspecified atom stereocenters. The number of alkyl halides is 2. The largest absolute Gasteiger partial charge is 0.452 e. The molecule has 8 heteroatoms. The molecule has 0 spiro atoms. The molecule has 2 aromatic rings. The molecule has 0 saturated heterocycles. The van der Waals surface area contributed by atoms with Crippen LogP contribution in [0.1, 0.15) is 28.9 Å². The SMILES string of the molecule is C[C@@H](NC(=O)COC(=O)c1cccc(OC(F)F)c1)c1cccc(Cl)c1. The molecule has 0 aliphatic heterocycles. The van der Waals surface area contributed by atoms with Gasteiger partial charge >= 0.3 is 12.6 Å². The third-order valence-electron chi connectivity index (χ3n) is 3.36. The second-order valence-electron chi connectivity index (χ2n) is 5.33. The summed E-state index contributed by atoms with van der Waals surface area (Å²) < 4.78 is 33.5. The fourth-order valence-corrected chi connectivity index (χ4v) is 2.35. The van der Waals surface area contributed by atoms with E-state index < -0.39 is 25.1 Å². The zero-order valence-electron chi connectivity index (χ0n) is 13.7. The maximum absolute atomic E-state index is 12.2. The van der Waals surface area contributed by atoms with Crippen molar-refractivity contribution in [2.45, 2.75) is 19.6 Å². The number of benzene rings is 2. The van der Waals surface area contributed by atoms with Crippen LogP contribution in [-0.2, 0) is 9.53 Å². The van der Waals surface area contributed by atoms with Crippen molar-refractivity contribution in [1.29, 1.82) is 0 Å². The Kier molecular flexibility index (Phi) is 6.91. The van der Waals surface area contributed by atoms with Gasteiger partial charge in [0.25, 0.3) is 5.91 Å². The molecule has 0 saturated carbocycles. The second-order valence-corrected chi connectivity index (χ2v) is 5.76. The first-order valence-corrected chi connectivity index (χ1v) is 8.00. The smallest absolute Gasteiger partial charge is 0.387 e. The molecule has 1 amide bonds. The van der Waals surface area contributed by atoms with Crippen LogP contribution in [0.15, 0.2) is 48.5 Å². The summed E-state index contributed by atoms with van der Waals surface area (Å²) in [6, 6.07) is 11.8. The van der Waals surface area contributed by atoms with E-state index in [4.69, 9.17) is 16.3 Å². The number of hydrogen-bond acceptors (Lipinski definition) is 4. The summed E-state index contributed by atoms with van der Waals surface area (Å²) in [6.07, 6.45) is 0. The molecule has 0 heterocycles. The molecule has 0 aliphatic carbocycles. The van der Waals surface area contributed by atoms with E-state index in [1.165, 1.54) is 18.2 Å². The average molecular weight is 384 g/mol. The van der Waals surface area contributed by atoms with Crippen LogP contribution in [0.2, 0.25) is 5.02 Å². The minimum Gasteiger partial charge on any atom is -0.452 e. The molecule has 0 fully saturated rings. The number of esters is 1. The van der Waals surface area contributed by atoms with Crippen LogP contribution in [0.5, 0.6) is 5.75 Å². The molecule has 0 radical (unpaired) electrons. The van der Waals surface area contributed by atoms with Crippen LogP contribution < -0.4 is 10.1 Å². The zero-order chi connectivity index (χ0) is 19.1. The summed E-state index contributed by atoms with van der Waals surface area (Å²) in [5, 5.41) is 3.21. The lowest BCUT2D eigenvalue weighted by Crippen LogP contribution is -2.31. The molecule has 2 rings (SSSR count). The van der Waals surface area contributed by atoms with E-state index in [-0.39, 0.29) is 17.4 Å². The summed E-state index contributed by atoms with van der Waals surface area (Å²) in [6.45, 7) is -1.75. The fraction of sp³-hybridized carbons (Fsp3) is 0.222. The Morgan fingerprint density at radius 2 is 1.88 bits per heavy atom. The van der Waals surface area contributed by atoms with Gasteiger partial charge in [0, 0.05) is 5.02 Å². The standard InChI is InChI=1S/C18H16ClF2NO4/c1-11(12-4-2-6-14(19)8-12)22-16(23)10-25-17(24)13-5-3-7-15(9-13)26-18(20)21/h2-9,11,18H,10H2,1H3,(H,22,23)/t11-/m1/s1. The van der Waals surface area contributed by atoms with Crippen molar-refractivity contribution in [3.63, 3.8) is 0 Å². The highest BCUT2D eigenvalue weighted by Crippen LogP contribution is 2.18. The maximum Gasteiger partial charge on any atom is 0.387 e. The van der Waals surface area contributed by atoms with Gasteiger partial charge in [0.05, 0.1) is 11.6 Å². The van der Waals surface area contributed by atoms with Crippen LogP contribution >= 0.6 is 11.6 Å². The summed E-state index contributed by atoms with van der Waals surface area (Å²) in [4.78, 5) is 23.8. The van der Waals surface area contributed by atoms with Gasteiger partial charge < -0.3 is 14.8 Å². The number of hydrogen-bond donors (Lipinski definition) is 1. The van der Waals surface area contributed by atoms with Crippen LogP contribution in [0.25, 0.3) is 0 Å². The predicted octanol–water partition coefficient (Wildman–Crippen LogP) is 3.98. The highest BCUT2D eigenvalue weighted by molar-refractivity contribution is 6.30. The predicted molar refractivity (Wildman–Crippen MR) is 91.4 cm³/mol. The van der Waals surface area contributed by atoms with Gasteiger partial charge in [-0.25, -0.2) is 4.79 Å². The maximum atomic E-state index is 12.2. The van der Waals surface area contributed by atoms with Crippen LogP contribution in [0.3, 0.4) is 0 Å². The Morgan fingerprint density at radius 1 is 1.15 bits per heavy atom. The first kappa shape index (κ1) is 19.7. The van der Waals surface area contributed by atoms with Crippen molar-refractivity contribution in [1.82, 2.24) is 5.32 Å².